The Morgan fingerprint density at radius 3 is 1.68 bits per heavy atom. The van der Waals surface area contributed by atoms with E-state index in [2.05, 4.69) is 4.99 Å². The fourth-order valence-electron chi connectivity index (χ4n) is 2.14. The van der Waals surface area contributed by atoms with E-state index < -0.39 is 45.0 Å². The average Bonchev–Trinajstić information content (AvgIpc) is 2.43. The molecule has 0 aliphatic rings. The molecule has 2 rings (SSSR count). The molecule has 25 heavy (non-hydrogen) atoms. The minimum atomic E-state index is -4.96. The number of rotatable bonds is 4. The lowest BCUT2D eigenvalue weighted by atomic mass is 10.1. The second kappa shape index (κ2) is 6.12. The molecule has 2 aromatic rings. The normalized spacial score (nSPS) is 13.6. The zero-order valence-corrected chi connectivity index (χ0v) is 14.8. The Kier molecular flexibility index (Phi) is 4.75. The van der Waals surface area contributed by atoms with Crippen LogP contribution in [0.15, 0.2) is 43.9 Å². The molecule has 0 unspecified atom stereocenters. The van der Waals surface area contributed by atoms with Crippen molar-refractivity contribution in [2.75, 3.05) is 0 Å². The molecule has 10 nitrogen and oxygen atoms in total. The fourth-order valence-corrected chi connectivity index (χ4v) is 4.05. The molecule has 0 bridgehead atoms. The van der Waals surface area contributed by atoms with E-state index in [1.165, 1.54) is 13.1 Å². The predicted molar refractivity (Wildman–Crippen MR) is 87.2 cm³/mol. The molecule has 0 heterocycles. The Morgan fingerprint density at radius 2 is 1.28 bits per heavy atom. The Balaban J connectivity index is 3.19. The summed E-state index contributed by atoms with van der Waals surface area (Å²) in [6.45, 7) is 1.44. The maximum Gasteiger partial charge on any atom is 0.295 e. The maximum absolute atomic E-state index is 11.6. The highest BCUT2D eigenvalue weighted by Gasteiger charge is 2.24. The van der Waals surface area contributed by atoms with Crippen LogP contribution in [0.25, 0.3) is 10.8 Å². The van der Waals surface area contributed by atoms with Gasteiger partial charge in [0.2, 0.25) is 0 Å². The predicted octanol–water partition coefficient (Wildman–Crippen LogP) is 1.30. The molecule has 13 heteroatoms. The van der Waals surface area contributed by atoms with Crippen LogP contribution in [-0.2, 0) is 30.4 Å². The van der Waals surface area contributed by atoms with Gasteiger partial charge in [-0.15, -0.1) is 0 Å². The number of fused-ring (bicyclic) bond motifs is 1. The second-order valence-electron chi connectivity index (χ2n) is 4.77. The fraction of sp³-hybridized carbons (Fsp3) is 0.0833. The maximum atomic E-state index is 11.6. The molecule has 0 spiro atoms. The molecule has 0 saturated carbocycles. The third-order valence-corrected chi connectivity index (χ3v) is 5.62. The van der Waals surface area contributed by atoms with Crippen LogP contribution in [0.1, 0.15) is 6.92 Å². The summed E-state index contributed by atoms with van der Waals surface area (Å²) >= 11 is 0. The Morgan fingerprint density at radius 1 is 0.800 bits per heavy atom. The molecular formula is C12H11NO9S3. The Bertz CT molecular complexity index is 1200. The van der Waals surface area contributed by atoms with Crippen molar-refractivity contribution in [1.82, 2.24) is 0 Å². The highest BCUT2D eigenvalue weighted by atomic mass is 32.2. The summed E-state index contributed by atoms with van der Waals surface area (Å²) in [5.74, 6) is 0. The van der Waals surface area contributed by atoms with E-state index in [1.807, 2.05) is 0 Å². The molecule has 3 N–H and O–H groups in total. The van der Waals surface area contributed by atoms with Gasteiger partial charge in [-0.3, -0.25) is 18.7 Å². The van der Waals surface area contributed by atoms with Gasteiger partial charge >= 0.3 is 0 Å². The first-order valence-electron chi connectivity index (χ1n) is 6.28. The van der Waals surface area contributed by atoms with Crippen LogP contribution in [0, 0.1) is 0 Å². The third kappa shape index (κ3) is 4.02. The minimum Gasteiger partial charge on any atom is -0.282 e. The molecular weight excluding hydrogens is 398 g/mol. The summed E-state index contributed by atoms with van der Waals surface area (Å²) < 4.78 is 96.3. The molecule has 0 aromatic heterocycles. The van der Waals surface area contributed by atoms with Crippen molar-refractivity contribution in [2.45, 2.75) is 21.6 Å². The van der Waals surface area contributed by atoms with E-state index in [9.17, 15) is 34.4 Å². The number of aliphatic imine (C=N–C) groups is 1. The monoisotopic (exact) mass is 409 g/mol. The van der Waals surface area contributed by atoms with Crippen LogP contribution >= 0.6 is 0 Å². The quantitative estimate of drug-likeness (QED) is 0.496. The van der Waals surface area contributed by atoms with Crippen LogP contribution in [0.4, 0.5) is 5.69 Å². The standard InChI is InChI=1S/C12H11NO9S3/c1-2-13-10-5-8(23(14,15)16)3-7-4-9(24(17,18)19)6-11(12(7)10)25(20,21)22/h2-6H,1H3,(H,14,15,16)(H,17,18,19)(H,20,21,22). The molecule has 0 fully saturated rings. The SMILES string of the molecule is CC=Nc1cc(S(=O)(=O)O)cc2cc(S(=O)(=O)O)cc(S(=O)(=O)O)c12. The summed E-state index contributed by atoms with van der Waals surface area (Å²) in [7, 11) is -14.6. The van der Waals surface area contributed by atoms with Crippen molar-refractivity contribution in [3.63, 3.8) is 0 Å². The van der Waals surface area contributed by atoms with E-state index >= 15 is 0 Å². The van der Waals surface area contributed by atoms with Gasteiger partial charge in [0, 0.05) is 11.6 Å². The van der Waals surface area contributed by atoms with Crippen molar-refractivity contribution in [2.24, 2.45) is 4.99 Å². The highest BCUT2D eigenvalue weighted by molar-refractivity contribution is 7.87. The summed E-state index contributed by atoms with van der Waals surface area (Å²) in [5, 5.41) is -0.598. The first-order valence-corrected chi connectivity index (χ1v) is 10.6. The van der Waals surface area contributed by atoms with Gasteiger partial charge in [0.15, 0.2) is 0 Å². The Hall–Kier alpha value is -1.90. The second-order valence-corrected chi connectivity index (χ2v) is 9.01. The van der Waals surface area contributed by atoms with Crippen LogP contribution in [0.3, 0.4) is 0 Å². The van der Waals surface area contributed by atoms with Gasteiger partial charge in [-0.2, -0.15) is 25.3 Å². The van der Waals surface area contributed by atoms with Gasteiger partial charge in [-0.05, 0) is 36.6 Å². The lowest BCUT2D eigenvalue weighted by molar-refractivity contribution is 0.480. The minimum absolute atomic E-state index is 0.262. The first-order chi connectivity index (χ1) is 11.2. The molecule has 0 amide bonds. The van der Waals surface area contributed by atoms with Gasteiger partial charge < -0.3 is 0 Å². The zero-order chi connectivity index (χ0) is 19.2. The van der Waals surface area contributed by atoms with Crippen molar-refractivity contribution < 1.29 is 38.9 Å². The van der Waals surface area contributed by atoms with E-state index in [0.717, 1.165) is 18.2 Å². The summed E-state index contributed by atoms with van der Waals surface area (Å²) in [5.41, 5.74) is -0.262. The van der Waals surface area contributed by atoms with Gasteiger partial charge in [-0.25, -0.2) is 0 Å². The van der Waals surface area contributed by atoms with Gasteiger partial charge in [0.05, 0.1) is 15.5 Å². The zero-order valence-electron chi connectivity index (χ0n) is 12.3. The van der Waals surface area contributed by atoms with Crippen molar-refractivity contribution in [1.29, 1.82) is 0 Å². The van der Waals surface area contributed by atoms with E-state index in [-0.39, 0.29) is 16.5 Å². The number of benzene rings is 2. The van der Waals surface area contributed by atoms with E-state index in [0.29, 0.717) is 6.07 Å². The summed E-state index contributed by atoms with van der Waals surface area (Å²) in [6.07, 6.45) is 1.19. The van der Waals surface area contributed by atoms with Crippen LogP contribution in [-0.4, -0.2) is 45.1 Å². The van der Waals surface area contributed by atoms with Crippen molar-refractivity contribution in [3.05, 3.63) is 24.3 Å². The van der Waals surface area contributed by atoms with Gasteiger partial charge in [-0.1, -0.05) is 0 Å². The Labute approximate surface area is 143 Å². The summed E-state index contributed by atoms with van der Waals surface area (Å²) in [4.78, 5) is 1.30. The third-order valence-electron chi connectivity index (χ3n) is 3.08. The van der Waals surface area contributed by atoms with Crippen LogP contribution in [0.2, 0.25) is 0 Å². The molecule has 2 aromatic carbocycles. The molecule has 136 valence electrons. The summed E-state index contributed by atoms with van der Waals surface area (Å²) in [6, 6.07) is 2.92. The molecule has 0 atom stereocenters. The van der Waals surface area contributed by atoms with E-state index in [4.69, 9.17) is 4.55 Å². The largest absolute Gasteiger partial charge is 0.295 e. The van der Waals surface area contributed by atoms with Crippen LogP contribution in [0.5, 0.6) is 0 Å². The highest BCUT2D eigenvalue weighted by Crippen LogP contribution is 2.36. The van der Waals surface area contributed by atoms with Crippen LogP contribution < -0.4 is 0 Å². The lowest BCUT2D eigenvalue weighted by Gasteiger charge is -2.11. The smallest absolute Gasteiger partial charge is 0.282 e. The lowest BCUT2D eigenvalue weighted by Crippen LogP contribution is -2.05. The van der Waals surface area contributed by atoms with Gasteiger partial charge in [0.25, 0.3) is 30.4 Å². The number of nitrogens with zero attached hydrogens (tertiary/aromatic N) is 1. The molecule has 0 aliphatic carbocycles. The molecule has 0 saturated heterocycles. The van der Waals surface area contributed by atoms with Crippen molar-refractivity contribution >= 4 is 53.0 Å². The van der Waals surface area contributed by atoms with Gasteiger partial charge in [0.1, 0.15) is 4.90 Å². The topological polar surface area (TPSA) is 175 Å². The molecule has 0 aliphatic heterocycles. The van der Waals surface area contributed by atoms with E-state index in [1.54, 1.807) is 0 Å². The number of hydrogen-bond acceptors (Lipinski definition) is 7. The van der Waals surface area contributed by atoms with Crippen molar-refractivity contribution in [3.8, 4) is 0 Å². The molecule has 0 radical (unpaired) electrons. The number of hydrogen-bond donors (Lipinski definition) is 3. The average molecular weight is 409 g/mol. The first kappa shape index (κ1) is 19.4.